The minimum Gasteiger partial charge on any atom is -0.390 e. The molecule has 1 saturated carbocycles. The van der Waals surface area contributed by atoms with Crippen LogP contribution in [-0.4, -0.2) is 40.2 Å². The lowest BCUT2D eigenvalue weighted by molar-refractivity contribution is 0.0225. The number of hydrogen-bond donors (Lipinski definition) is 3. The number of nitrogens with two attached hydrogens (primary N) is 1. The highest BCUT2D eigenvalue weighted by atomic mass is 16.3. The van der Waals surface area contributed by atoms with Crippen LogP contribution >= 0.6 is 0 Å². The Morgan fingerprint density at radius 1 is 1.42 bits per heavy atom. The summed E-state index contributed by atoms with van der Waals surface area (Å²) in [5.41, 5.74) is 7.08. The molecule has 6 heteroatoms. The number of hydrogen-bond acceptors (Lipinski definition) is 4. The van der Waals surface area contributed by atoms with E-state index in [1.165, 1.54) is 25.5 Å². The standard InChI is InChI=1S/C11H14N4O.C7H14O/c1-3-15(2)9-7-4-5-13-11(7)14-6-8(9)10(12)16;1-7(8)5-3-2-4-6-7/h4-6H,3H2,1-2H3,(H2,12,16)(H,13,14);8H,2-6H2,1H3. The van der Waals surface area contributed by atoms with Crippen molar-refractivity contribution in [3.05, 3.63) is 24.0 Å². The number of primary amides is 1. The van der Waals surface area contributed by atoms with Gasteiger partial charge in [-0.2, -0.15) is 0 Å². The van der Waals surface area contributed by atoms with Gasteiger partial charge in [0.25, 0.3) is 5.91 Å². The molecule has 3 rings (SSSR count). The molecule has 0 saturated heterocycles. The lowest BCUT2D eigenvalue weighted by Crippen LogP contribution is -2.26. The van der Waals surface area contributed by atoms with Crippen LogP contribution in [0, 0.1) is 0 Å². The highest BCUT2D eigenvalue weighted by Gasteiger charge is 2.22. The fraction of sp³-hybridized carbons (Fsp3) is 0.556. The molecule has 0 spiro atoms. The van der Waals surface area contributed by atoms with E-state index in [4.69, 9.17) is 5.73 Å². The fourth-order valence-corrected chi connectivity index (χ4v) is 3.06. The number of amides is 1. The van der Waals surface area contributed by atoms with E-state index < -0.39 is 5.91 Å². The normalized spacial score (nSPS) is 16.3. The molecule has 2 heterocycles. The molecule has 0 radical (unpaired) electrons. The van der Waals surface area contributed by atoms with Crippen LogP contribution in [-0.2, 0) is 0 Å². The molecule has 2 aromatic heterocycles. The quantitative estimate of drug-likeness (QED) is 0.805. The van der Waals surface area contributed by atoms with E-state index in [0.717, 1.165) is 36.1 Å². The van der Waals surface area contributed by atoms with Gasteiger partial charge < -0.3 is 20.7 Å². The Labute approximate surface area is 143 Å². The largest absolute Gasteiger partial charge is 0.390 e. The first-order chi connectivity index (χ1) is 11.4. The lowest BCUT2D eigenvalue weighted by atomic mass is 9.87. The molecule has 1 fully saturated rings. The average Bonchev–Trinajstić information content (AvgIpc) is 3.02. The molecule has 24 heavy (non-hydrogen) atoms. The number of aromatic amines is 1. The average molecular weight is 332 g/mol. The van der Waals surface area contributed by atoms with Crippen LogP contribution in [0.5, 0.6) is 0 Å². The summed E-state index contributed by atoms with van der Waals surface area (Å²) in [7, 11) is 1.92. The Morgan fingerprint density at radius 2 is 2.08 bits per heavy atom. The summed E-state index contributed by atoms with van der Waals surface area (Å²) < 4.78 is 0. The van der Waals surface area contributed by atoms with Crippen LogP contribution in [0.3, 0.4) is 0 Å². The number of nitrogens with one attached hydrogen (secondary N) is 1. The van der Waals surface area contributed by atoms with Crippen LogP contribution in [0.4, 0.5) is 5.69 Å². The molecule has 0 atom stereocenters. The van der Waals surface area contributed by atoms with Gasteiger partial charge in [-0.05, 0) is 32.8 Å². The second-order valence-corrected chi connectivity index (χ2v) is 6.70. The van der Waals surface area contributed by atoms with Crippen molar-refractivity contribution in [2.45, 2.75) is 51.6 Å². The number of fused-ring (bicyclic) bond motifs is 1. The van der Waals surface area contributed by atoms with Crippen LogP contribution in [0.1, 0.15) is 56.3 Å². The Bertz CT molecular complexity index is 685. The second kappa shape index (κ2) is 7.66. The Morgan fingerprint density at radius 3 is 2.58 bits per heavy atom. The zero-order chi connectivity index (χ0) is 17.7. The van der Waals surface area contributed by atoms with Gasteiger partial charge in [0.05, 0.1) is 16.9 Å². The maximum atomic E-state index is 11.4. The maximum Gasteiger partial charge on any atom is 0.252 e. The summed E-state index contributed by atoms with van der Waals surface area (Å²) >= 11 is 0. The third-order valence-corrected chi connectivity index (χ3v) is 4.61. The van der Waals surface area contributed by atoms with E-state index in [2.05, 4.69) is 9.97 Å². The van der Waals surface area contributed by atoms with Crippen LogP contribution < -0.4 is 10.6 Å². The monoisotopic (exact) mass is 332 g/mol. The summed E-state index contributed by atoms with van der Waals surface area (Å²) in [4.78, 5) is 20.5. The summed E-state index contributed by atoms with van der Waals surface area (Å²) in [6.07, 6.45) is 9.08. The van der Waals surface area contributed by atoms with Gasteiger partial charge >= 0.3 is 0 Å². The van der Waals surface area contributed by atoms with Crippen LogP contribution in [0.2, 0.25) is 0 Å². The molecule has 1 amide bonds. The van der Waals surface area contributed by atoms with Crippen molar-refractivity contribution in [3.8, 4) is 0 Å². The minimum absolute atomic E-state index is 0.321. The molecule has 132 valence electrons. The second-order valence-electron chi connectivity index (χ2n) is 6.70. The third kappa shape index (κ3) is 4.26. The lowest BCUT2D eigenvalue weighted by Gasteiger charge is -2.27. The van der Waals surface area contributed by atoms with Crippen molar-refractivity contribution in [2.75, 3.05) is 18.5 Å². The number of aromatic nitrogens is 2. The number of pyridine rings is 1. The number of H-pyrrole nitrogens is 1. The molecule has 1 aliphatic carbocycles. The third-order valence-electron chi connectivity index (χ3n) is 4.61. The van der Waals surface area contributed by atoms with Crippen molar-refractivity contribution < 1.29 is 9.90 Å². The molecule has 0 unspecified atom stereocenters. The SMILES string of the molecule is CC1(O)CCCCC1.CCN(C)c1c(C(N)=O)cnc2[nH]ccc12. The van der Waals surface area contributed by atoms with Gasteiger partial charge in [-0.1, -0.05) is 19.3 Å². The predicted molar refractivity (Wildman–Crippen MR) is 97.3 cm³/mol. The van der Waals surface area contributed by atoms with Gasteiger partial charge in [0.2, 0.25) is 0 Å². The maximum absolute atomic E-state index is 11.4. The Hall–Kier alpha value is -2.08. The van der Waals surface area contributed by atoms with E-state index in [1.54, 1.807) is 6.20 Å². The number of anilines is 1. The van der Waals surface area contributed by atoms with Gasteiger partial charge in [0.15, 0.2) is 0 Å². The van der Waals surface area contributed by atoms with Crippen LogP contribution in [0.25, 0.3) is 11.0 Å². The number of carbonyl (C=O) groups excluding carboxylic acids is 1. The number of rotatable bonds is 3. The summed E-state index contributed by atoms with van der Waals surface area (Å²) in [5, 5.41) is 10.3. The minimum atomic E-state index is -0.453. The summed E-state index contributed by atoms with van der Waals surface area (Å²) in [5.74, 6) is -0.453. The van der Waals surface area contributed by atoms with Crippen molar-refractivity contribution in [1.82, 2.24) is 9.97 Å². The van der Waals surface area contributed by atoms with Gasteiger partial charge in [-0.15, -0.1) is 0 Å². The molecular formula is C18H28N4O2. The highest BCUT2D eigenvalue weighted by molar-refractivity contribution is 6.06. The van der Waals surface area contributed by atoms with Gasteiger partial charge in [0.1, 0.15) is 5.65 Å². The molecular weight excluding hydrogens is 304 g/mol. The molecule has 1 aliphatic rings. The molecule has 0 aromatic carbocycles. The first kappa shape index (κ1) is 18.3. The zero-order valence-corrected chi connectivity index (χ0v) is 14.8. The fourth-order valence-electron chi connectivity index (χ4n) is 3.06. The molecule has 0 bridgehead atoms. The van der Waals surface area contributed by atoms with Crippen molar-refractivity contribution in [3.63, 3.8) is 0 Å². The van der Waals surface area contributed by atoms with E-state index in [1.807, 2.05) is 31.9 Å². The zero-order valence-electron chi connectivity index (χ0n) is 14.8. The molecule has 4 N–H and O–H groups in total. The number of nitrogens with zero attached hydrogens (tertiary/aromatic N) is 2. The Kier molecular flexibility index (Phi) is 5.83. The predicted octanol–water partition coefficient (Wildman–Crippen LogP) is 2.82. The number of carbonyl (C=O) groups is 1. The van der Waals surface area contributed by atoms with Crippen molar-refractivity contribution in [2.24, 2.45) is 5.73 Å². The highest BCUT2D eigenvalue weighted by Crippen LogP contribution is 2.28. The molecule has 2 aromatic rings. The van der Waals surface area contributed by atoms with E-state index in [0.29, 0.717) is 5.56 Å². The van der Waals surface area contributed by atoms with Crippen molar-refractivity contribution >= 4 is 22.6 Å². The summed E-state index contributed by atoms with van der Waals surface area (Å²) in [6, 6.07) is 1.90. The van der Waals surface area contributed by atoms with E-state index in [9.17, 15) is 9.90 Å². The summed E-state index contributed by atoms with van der Waals surface area (Å²) in [6.45, 7) is 4.75. The topological polar surface area (TPSA) is 95.2 Å². The van der Waals surface area contributed by atoms with Gasteiger partial charge in [-0.25, -0.2) is 4.98 Å². The molecule has 0 aliphatic heterocycles. The van der Waals surface area contributed by atoms with Gasteiger partial charge in [0, 0.05) is 31.4 Å². The molecule has 6 nitrogen and oxygen atoms in total. The van der Waals surface area contributed by atoms with E-state index >= 15 is 0 Å². The first-order valence-electron chi connectivity index (χ1n) is 8.55. The Balaban J connectivity index is 0.000000219. The van der Waals surface area contributed by atoms with Gasteiger partial charge in [-0.3, -0.25) is 4.79 Å². The first-order valence-corrected chi connectivity index (χ1v) is 8.55. The number of aliphatic hydroxyl groups is 1. The smallest absolute Gasteiger partial charge is 0.252 e. The van der Waals surface area contributed by atoms with Crippen molar-refractivity contribution in [1.29, 1.82) is 0 Å². The van der Waals surface area contributed by atoms with Crippen LogP contribution in [0.15, 0.2) is 18.5 Å². The van der Waals surface area contributed by atoms with E-state index in [-0.39, 0.29) is 5.60 Å².